The van der Waals surface area contributed by atoms with Gasteiger partial charge in [0.1, 0.15) is 17.6 Å². The van der Waals surface area contributed by atoms with Crippen molar-refractivity contribution in [1.29, 1.82) is 0 Å². The van der Waals surface area contributed by atoms with Crippen molar-refractivity contribution >= 4 is 11.7 Å². The lowest BCUT2D eigenvalue weighted by molar-refractivity contribution is 0.0820. The second kappa shape index (κ2) is 9.18. The Bertz CT molecular complexity index is 1620. The average Bonchev–Trinajstić information content (AvgIpc) is 3.52. The summed E-state index contributed by atoms with van der Waals surface area (Å²) in [6.07, 6.45) is 3.26. The van der Waals surface area contributed by atoms with Crippen LogP contribution in [-0.4, -0.2) is 49.4 Å². The lowest BCUT2D eigenvalue weighted by atomic mass is 10.00. The molecule has 4 heterocycles. The predicted molar refractivity (Wildman–Crippen MR) is 141 cm³/mol. The molecule has 39 heavy (non-hydrogen) atoms. The summed E-state index contributed by atoms with van der Waals surface area (Å²) in [5.41, 5.74) is 10.1. The summed E-state index contributed by atoms with van der Waals surface area (Å²) in [4.78, 5) is 19.3. The number of ether oxygens (including phenoxy) is 1. The van der Waals surface area contributed by atoms with E-state index in [9.17, 15) is 9.18 Å². The van der Waals surface area contributed by atoms with E-state index in [1.165, 1.54) is 15.6 Å². The van der Waals surface area contributed by atoms with E-state index in [-0.39, 0.29) is 35.1 Å². The first-order valence-electron chi connectivity index (χ1n) is 12.9. The van der Waals surface area contributed by atoms with Crippen molar-refractivity contribution in [3.05, 3.63) is 70.3 Å². The van der Waals surface area contributed by atoms with Crippen LogP contribution in [0.2, 0.25) is 0 Å². The zero-order valence-corrected chi connectivity index (χ0v) is 22.2. The number of halogens is 2. The van der Waals surface area contributed by atoms with Crippen LogP contribution in [-0.2, 0) is 13.0 Å². The molecular weight excluding hydrogens is 504 g/mol. The molecule has 0 radical (unpaired) electrons. The molecule has 0 unspecified atom stereocenters. The fourth-order valence-corrected chi connectivity index (χ4v) is 5.16. The molecule has 1 aliphatic carbocycles. The third-order valence-corrected chi connectivity index (χ3v) is 7.22. The highest BCUT2D eigenvalue weighted by Crippen LogP contribution is 2.39. The molecule has 0 saturated heterocycles. The first-order chi connectivity index (χ1) is 18.6. The summed E-state index contributed by atoms with van der Waals surface area (Å²) in [6.45, 7) is 4.15. The summed E-state index contributed by atoms with van der Waals surface area (Å²) in [6, 6.07) is 5.66. The van der Waals surface area contributed by atoms with Crippen molar-refractivity contribution in [2.24, 2.45) is 5.92 Å². The Morgan fingerprint density at radius 1 is 1.18 bits per heavy atom. The molecule has 4 aromatic rings. The Hall–Kier alpha value is -4.28. The number of carbonyl (C=O) groups excluding carboxylic acids is 1. The van der Waals surface area contributed by atoms with Gasteiger partial charge in [0, 0.05) is 61.7 Å². The van der Waals surface area contributed by atoms with Crippen LogP contribution < -0.4 is 10.5 Å². The SMILES string of the molecule is Cc1cc2n(n1)-c1c(F)cc(F)cc1[C@@H](C)Oc1cc(cnc1N)-c1c(c(C(=O)N(C)C)nn1CC1CC1)C2. The number of nitrogen functional groups attached to an aromatic ring is 1. The second-order valence-corrected chi connectivity index (χ2v) is 10.6. The van der Waals surface area contributed by atoms with Crippen LogP contribution in [0.1, 0.15) is 58.9 Å². The van der Waals surface area contributed by atoms with E-state index in [1.807, 2.05) is 10.7 Å². The molecule has 1 atom stereocenters. The molecule has 0 spiro atoms. The Morgan fingerprint density at radius 3 is 2.67 bits per heavy atom. The number of hydrogen-bond acceptors (Lipinski definition) is 6. The van der Waals surface area contributed by atoms with E-state index < -0.39 is 17.7 Å². The highest BCUT2D eigenvalue weighted by molar-refractivity contribution is 5.95. The third kappa shape index (κ3) is 4.41. The molecule has 1 aliphatic heterocycles. The fourth-order valence-electron chi connectivity index (χ4n) is 5.16. The van der Waals surface area contributed by atoms with Gasteiger partial charge in [-0.05, 0) is 50.8 Å². The Morgan fingerprint density at radius 2 is 1.95 bits per heavy atom. The van der Waals surface area contributed by atoms with Gasteiger partial charge in [-0.3, -0.25) is 9.48 Å². The second-order valence-electron chi connectivity index (χ2n) is 10.6. The van der Waals surface area contributed by atoms with E-state index in [2.05, 4.69) is 10.1 Å². The van der Waals surface area contributed by atoms with Crippen LogP contribution in [0.25, 0.3) is 16.9 Å². The standard InChI is InChI=1S/C28H29F2N7O2/c1-14-7-19-11-21-24(28(38)35(3)4)34-36(13-16-5-6-16)25(21)17-8-23(27(31)32-12-17)39-15(2)20-9-18(29)10-22(30)26(20)37(19)33-14/h7-10,12,15-16H,5-6,11,13H2,1-4H3,(H2,31,32)/t15-/m1/s1. The van der Waals surface area contributed by atoms with Gasteiger partial charge < -0.3 is 15.4 Å². The maximum Gasteiger partial charge on any atom is 0.274 e. The van der Waals surface area contributed by atoms with Gasteiger partial charge in [-0.25, -0.2) is 18.4 Å². The summed E-state index contributed by atoms with van der Waals surface area (Å²) in [5, 5.41) is 9.38. The molecule has 202 valence electrons. The summed E-state index contributed by atoms with van der Waals surface area (Å²) in [5.74, 6) is -0.899. The van der Waals surface area contributed by atoms with E-state index >= 15 is 4.39 Å². The van der Waals surface area contributed by atoms with Gasteiger partial charge in [-0.15, -0.1) is 0 Å². The van der Waals surface area contributed by atoms with Gasteiger partial charge in [-0.2, -0.15) is 10.2 Å². The van der Waals surface area contributed by atoms with E-state index in [0.29, 0.717) is 40.7 Å². The largest absolute Gasteiger partial charge is 0.482 e. The summed E-state index contributed by atoms with van der Waals surface area (Å²) in [7, 11) is 3.35. The number of pyridine rings is 1. The number of hydrogen-bond donors (Lipinski definition) is 1. The minimum atomic E-state index is -0.789. The number of benzene rings is 1. The third-order valence-electron chi connectivity index (χ3n) is 7.22. The number of rotatable bonds is 3. The Labute approximate surface area is 224 Å². The number of nitrogens with two attached hydrogens (primary N) is 1. The van der Waals surface area contributed by atoms with Gasteiger partial charge in [0.05, 0.1) is 11.4 Å². The van der Waals surface area contributed by atoms with Crippen molar-refractivity contribution < 1.29 is 18.3 Å². The topological polar surface area (TPSA) is 104 Å². The first kappa shape index (κ1) is 25.0. The number of anilines is 1. The quantitative estimate of drug-likeness (QED) is 0.417. The van der Waals surface area contributed by atoms with E-state index in [1.54, 1.807) is 40.2 Å². The van der Waals surface area contributed by atoms with E-state index in [0.717, 1.165) is 24.6 Å². The molecule has 1 fully saturated rings. The number of aryl methyl sites for hydroxylation is 1. The van der Waals surface area contributed by atoms with Crippen LogP contribution in [0.3, 0.4) is 0 Å². The van der Waals surface area contributed by atoms with Gasteiger partial charge in [0.2, 0.25) is 0 Å². The molecule has 1 amide bonds. The van der Waals surface area contributed by atoms with Crippen molar-refractivity contribution in [1.82, 2.24) is 29.4 Å². The van der Waals surface area contributed by atoms with Gasteiger partial charge in [0.25, 0.3) is 5.91 Å². The number of aromatic nitrogens is 5. The van der Waals surface area contributed by atoms with Crippen LogP contribution in [0, 0.1) is 24.5 Å². The average molecular weight is 534 g/mol. The molecule has 2 aliphatic rings. The Balaban J connectivity index is 1.68. The zero-order chi connectivity index (χ0) is 27.6. The number of fused-ring (bicyclic) bond motifs is 7. The molecule has 6 rings (SSSR count). The van der Waals surface area contributed by atoms with Gasteiger partial charge in [-0.1, -0.05) is 0 Å². The highest BCUT2D eigenvalue weighted by Gasteiger charge is 2.32. The smallest absolute Gasteiger partial charge is 0.274 e. The number of amides is 1. The minimum absolute atomic E-state index is 0.0719. The van der Waals surface area contributed by atoms with E-state index in [4.69, 9.17) is 15.6 Å². The summed E-state index contributed by atoms with van der Waals surface area (Å²) < 4.78 is 39.5. The molecule has 1 aromatic carbocycles. The number of nitrogens with zero attached hydrogens (tertiary/aromatic N) is 6. The predicted octanol–water partition coefficient (Wildman–Crippen LogP) is 4.46. The molecule has 9 nitrogen and oxygen atoms in total. The molecule has 2 bridgehead atoms. The number of carbonyl (C=O) groups is 1. The highest BCUT2D eigenvalue weighted by atomic mass is 19.1. The fraction of sp³-hybridized carbons (Fsp3) is 0.357. The Kier molecular flexibility index (Phi) is 5.89. The maximum atomic E-state index is 15.5. The van der Waals surface area contributed by atoms with Crippen molar-refractivity contribution in [3.8, 4) is 22.7 Å². The molecule has 3 aromatic heterocycles. The molecule has 2 N–H and O–H groups in total. The molecule has 1 saturated carbocycles. The van der Waals surface area contributed by atoms with Crippen LogP contribution in [0.4, 0.5) is 14.6 Å². The monoisotopic (exact) mass is 533 g/mol. The normalized spacial score (nSPS) is 16.3. The lowest BCUT2D eigenvalue weighted by Gasteiger charge is -2.22. The van der Waals surface area contributed by atoms with Crippen molar-refractivity contribution in [3.63, 3.8) is 0 Å². The molecular formula is C28H29F2N7O2. The van der Waals surface area contributed by atoms with Crippen LogP contribution >= 0.6 is 0 Å². The maximum absolute atomic E-state index is 15.5. The van der Waals surface area contributed by atoms with Gasteiger partial charge in [0.15, 0.2) is 23.1 Å². The van der Waals surface area contributed by atoms with Crippen LogP contribution in [0.15, 0.2) is 30.5 Å². The van der Waals surface area contributed by atoms with Gasteiger partial charge >= 0.3 is 0 Å². The minimum Gasteiger partial charge on any atom is -0.482 e. The van der Waals surface area contributed by atoms with Crippen molar-refractivity contribution in [2.75, 3.05) is 19.8 Å². The van der Waals surface area contributed by atoms with Crippen molar-refractivity contribution in [2.45, 2.75) is 45.8 Å². The molecule has 11 heteroatoms. The lowest BCUT2D eigenvalue weighted by Crippen LogP contribution is -2.24. The summed E-state index contributed by atoms with van der Waals surface area (Å²) >= 11 is 0. The van der Waals surface area contributed by atoms with Crippen LogP contribution in [0.5, 0.6) is 5.75 Å². The zero-order valence-electron chi connectivity index (χ0n) is 22.2. The first-order valence-corrected chi connectivity index (χ1v) is 12.9.